The van der Waals surface area contributed by atoms with Crippen LogP contribution in [0.2, 0.25) is 0 Å². The number of imidazole rings is 1. The molecule has 0 spiro atoms. The number of aliphatic hydroxyl groups excluding tert-OH is 1. The molecule has 0 amide bonds. The van der Waals surface area contributed by atoms with Crippen molar-refractivity contribution in [2.24, 2.45) is 0 Å². The first kappa shape index (κ1) is 11.9. The van der Waals surface area contributed by atoms with E-state index in [1.165, 1.54) is 16.7 Å². The molecule has 0 bridgehead atoms. The number of benzene rings is 1. The van der Waals surface area contributed by atoms with Crippen LogP contribution >= 0.6 is 0 Å². The van der Waals surface area contributed by atoms with E-state index < -0.39 is 0 Å². The van der Waals surface area contributed by atoms with Crippen LogP contribution in [0.3, 0.4) is 0 Å². The first-order valence-corrected chi connectivity index (χ1v) is 5.77. The van der Waals surface area contributed by atoms with E-state index in [0.717, 1.165) is 22.8 Å². The Bertz CT molecular complexity index is 532. The molecule has 2 N–H and O–H groups in total. The van der Waals surface area contributed by atoms with Crippen molar-refractivity contribution < 1.29 is 5.11 Å². The van der Waals surface area contributed by atoms with Crippen LogP contribution in [0.5, 0.6) is 0 Å². The molecule has 0 unspecified atom stereocenters. The molecule has 0 atom stereocenters. The van der Waals surface area contributed by atoms with Gasteiger partial charge in [0.1, 0.15) is 5.82 Å². The molecule has 1 aromatic carbocycles. The van der Waals surface area contributed by atoms with Crippen molar-refractivity contribution in [3.05, 3.63) is 40.2 Å². The third-order valence-corrected chi connectivity index (χ3v) is 3.05. The highest BCUT2D eigenvalue weighted by atomic mass is 16.3. The van der Waals surface area contributed by atoms with Gasteiger partial charge in [-0.2, -0.15) is 0 Å². The number of H-pyrrole nitrogens is 1. The quantitative estimate of drug-likeness (QED) is 0.833. The Kier molecular flexibility index (Phi) is 3.03. The third kappa shape index (κ3) is 2.11. The summed E-state index contributed by atoms with van der Waals surface area (Å²) in [6, 6.07) is 4.30. The molecule has 3 heteroatoms. The van der Waals surface area contributed by atoms with Crippen LogP contribution in [-0.2, 0) is 6.61 Å². The number of hydrogen-bond donors (Lipinski definition) is 2. The third-order valence-electron chi connectivity index (χ3n) is 3.05. The number of aliphatic hydroxyl groups is 1. The largest absolute Gasteiger partial charge is 0.390 e. The first-order valence-electron chi connectivity index (χ1n) is 5.77. The lowest BCUT2D eigenvalue weighted by atomic mass is 9.99. The second kappa shape index (κ2) is 4.34. The number of nitrogens with zero attached hydrogens (tertiary/aromatic N) is 1. The van der Waals surface area contributed by atoms with Gasteiger partial charge in [0, 0.05) is 11.3 Å². The van der Waals surface area contributed by atoms with Crippen LogP contribution < -0.4 is 0 Å². The Balaban J connectivity index is 2.60. The molecule has 0 saturated heterocycles. The second-order valence-electron chi connectivity index (χ2n) is 4.59. The molecule has 3 nitrogen and oxygen atoms in total. The summed E-state index contributed by atoms with van der Waals surface area (Å²) in [7, 11) is 0. The summed E-state index contributed by atoms with van der Waals surface area (Å²) in [6.45, 7) is 8.18. The van der Waals surface area contributed by atoms with E-state index in [1.54, 1.807) is 0 Å². The van der Waals surface area contributed by atoms with E-state index in [9.17, 15) is 5.11 Å². The fourth-order valence-corrected chi connectivity index (χ4v) is 2.32. The van der Waals surface area contributed by atoms with Crippen molar-refractivity contribution in [2.75, 3.05) is 0 Å². The molecule has 0 saturated carbocycles. The van der Waals surface area contributed by atoms with E-state index in [4.69, 9.17) is 0 Å². The van der Waals surface area contributed by atoms with Gasteiger partial charge in [-0.05, 0) is 38.8 Å². The number of aromatic amines is 1. The summed E-state index contributed by atoms with van der Waals surface area (Å²) in [5.41, 5.74) is 6.47. The summed E-state index contributed by atoms with van der Waals surface area (Å²) >= 11 is 0. The smallest absolute Gasteiger partial charge is 0.138 e. The lowest BCUT2D eigenvalue weighted by molar-refractivity contribution is 0.276. The summed E-state index contributed by atoms with van der Waals surface area (Å²) in [6.07, 6.45) is 0. The molecule has 1 aromatic heterocycles. The molecule has 0 aliphatic carbocycles. The molecule has 1 heterocycles. The second-order valence-corrected chi connectivity index (χ2v) is 4.59. The van der Waals surface area contributed by atoms with E-state index in [-0.39, 0.29) is 6.61 Å². The van der Waals surface area contributed by atoms with Crippen LogP contribution in [-0.4, -0.2) is 15.1 Å². The lowest BCUT2D eigenvalue weighted by Gasteiger charge is -2.08. The maximum atomic E-state index is 9.18. The number of aryl methyl sites for hydroxylation is 4. The van der Waals surface area contributed by atoms with Crippen LogP contribution in [0, 0.1) is 27.7 Å². The van der Waals surface area contributed by atoms with Gasteiger partial charge in [0.2, 0.25) is 0 Å². The fraction of sp³-hybridized carbons (Fsp3) is 0.357. The zero-order valence-electron chi connectivity index (χ0n) is 10.8. The highest BCUT2D eigenvalue weighted by Crippen LogP contribution is 2.26. The molecule has 0 aliphatic heterocycles. The summed E-state index contributed by atoms with van der Waals surface area (Å²) in [5, 5.41) is 9.18. The van der Waals surface area contributed by atoms with Crippen molar-refractivity contribution in [3.63, 3.8) is 0 Å². The minimum atomic E-state index is -0.0215. The number of nitrogens with one attached hydrogen (secondary N) is 1. The Labute approximate surface area is 102 Å². The molecule has 2 aromatic rings. The van der Waals surface area contributed by atoms with Gasteiger partial charge in [0.25, 0.3) is 0 Å². The minimum Gasteiger partial charge on any atom is -0.390 e. The monoisotopic (exact) mass is 230 g/mol. The van der Waals surface area contributed by atoms with Crippen molar-refractivity contribution in [1.29, 1.82) is 0 Å². The van der Waals surface area contributed by atoms with E-state index in [0.29, 0.717) is 0 Å². The molecular formula is C14H18N2O. The van der Waals surface area contributed by atoms with Gasteiger partial charge < -0.3 is 10.1 Å². The topological polar surface area (TPSA) is 48.9 Å². The Morgan fingerprint density at radius 2 is 1.71 bits per heavy atom. The van der Waals surface area contributed by atoms with Gasteiger partial charge in [-0.15, -0.1) is 0 Å². The van der Waals surface area contributed by atoms with Crippen LogP contribution in [0.1, 0.15) is 28.1 Å². The molecular weight excluding hydrogens is 212 g/mol. The fourth-order valence-electron chi connectivity index (χ4n) is 2.32. The van der Waals surface area contributed by atoms with E-state index in [1.807, 2.05) is 6.92 Å². The van der Waals surface area contributed by atoms with E-state index in [2.05, 4.69) is 42.9 Å². The number of rotatable bonds is 2. The number of hydrogen-bond acceptors (Lipinski definition) is 2. The standard InChI is InChI=1S/C14H18N2O/c1-8-5-9(2)13(10(3)6-8)14-15-11(4)12(7-17)16-14/h5-6,17H,7H2,1-4H3,(H,15,16). The average Bonchev–Trinajstić information content (AvgIpc) is 2.57. The maximum absolute atomic E-state index is 9.18. The molecule has 0 aliphatic rings. The molecule has 0 radical (unpaired) electrons. The Hall–Kier alpha value is -1.61. The summed E-state index contributed by atoms with van der Waals surface area (Å²) < 4.78 is 0. The predicted molar refractivity (Wildman–Crippen MR) is 68.9 cm³/mol. The highest BCUT2D eigenvalue weighted by molar-refractivity contribution is 5.65. The van der Waals surface area contributed by atoms with E-state index >= 15 is 0 Å². The SMILES string of the molecule is Cc1cc(C)c(-c2nc(CO)c(C)[nH]2)c(C)c1. The normalized spacial score (nSPS) is 10.9. The number of aromatic nitrogens is 2. The minimum absolute atomic E-state index is 0.0215. The summed E-state index contributed by atoms with van der Waals surface area (Å²) in [5.74, 6) is 0.849. The predicted octanol–water partition coefficient (Wildman–Crippen LogP) is 2.80. The molecule has 17 heavy (non-hydrogen) atoms. The van der Waals surface area contributed by atoms with Crippen LogP contribution in [0.15, 0.2) is 12.1 Å². The maximum Gasteiger partial charge on any atom is 0.138 e. The van der Waals surface area contributed by atoms with Gasteiger partial charge in [-0.25, -0.2) is 4.98 Å². The molecule has 90 valence electrons. The van der Waals surface area contributed by atoms with Crippen molar-refractivity contribution in [1.82, 2.24) is 9.97 Å². The molecule has 0 fully saturated rings. The van der Waals surface area contributed by atoms with Gasteiger partial charge >= 0.3 is 0 Å². The van der Waals surface area contributed by atoms with Crippen LogP contribution in [0.4, 0.5) is 0 Å². The molecule has 2 rings (SSSR count). The van der Waals surface area contributed by atoms with Crippen molar-refractivity contribution in [3.8, 4) is 11.4 Å². The van der Waals surface area contributed by atoms with Gasteiger partial charge in [0.15, 0.2) is 0 Å². The zero-order chi connectivity index (χ0) is 12.6. The van der Waals surface area contributed by atoms with Gasteiger partial charge in [-0.3, -0.25) is 0 Å². The van der Waals surface area contributed by atoms with Crippen molar-refractivity contribution in [2.45, 2.75) is 34.3 Å². The highest BCUT2D eigenvalue weighted by Gasteiger charge is 2.12. The van der Waals surface area contributed by atoms with Crippen LogP contribution in [0.25, 0.3) is 11.4 Å². The summed E-state index contributed by atoms with van der Waals surface area (Å²) in [4.78, 5) is 7.69. The lowest BCUT2D eigenvalue weighted by Crippen LogP contribution is -1.92. The first-order chi connectivity index (χ1) is 8.02. The van der Waals surface area contributed by atoms with Gasteiger partial charge in [0.05, 0.1) is 12.3 Å². The zero-order valence-corrected chi connectivity index (χ0v) is 10.8. The Morgan fingerprint density at radius 1 is 1.12 bits per heavy atom. The van der Waals surface area contributed by atoms with Gasteiger partial charge in [-0.1, -0.05) is 17.7 Å². The average molecular weight is 230 g/mol. The Morgan fingerprint density at radius 3 is 2.18 bits per heavy atom. The van der Waals surface area contributed by atoms with Crippen molar-refractivity contribution >= 4 is 0 Å².